The van der Waals surface area contributed by atoms with Crippen molar-refractivity contribution in [1.29, 1.82) is 0 Å². The number of nitrogens with one attached hydrogen (secondary N) is 2. The Morgan fingerprint density at radius 1 is 1.15 bits per heavy atom. The Morgan fingerprint density at radius 3 is 2.59 bits per heavy atom. The fraction of sp³-hybridized carbons (Fsp3) is 0.357. The van der Waals surface area contributed by atoms with E-state index >= 15 is 0 Å². The Hall–Kier alpha value is -3.67. The number of hydrogen-bond donors (Lipinski definition) is 3. The molecule has 0 saturated carbocycles. The van der Waals surface area contributed by atoms with Gasteiger partial charge in [0.25, 0.3) is 5.91 Å². The van der Waals surface area contributed by atoms with E-state index in [2.05, 4.69) is 10.6 Å². The zero-order valence-corrected chi connectivity index (χ0v) is 23.2. The van der Waals surface area contributed by atoms with Crippen molar-refractivity contribution < 1.29 is 27.9 Å². The van der Waals surface area contributed by atoms with E-state index in [0.29, 0.717) is 11.4 Å². The largest absolute Gasteiger partial charge is 0.488 e. The molecular formula is C28H34N4O6S. The number of fused-ring (bicyclic) bond motifs is 2. The van der Waals surface area contributed by atoms with Gasteiger partial charge in [-0.2, -0.15) is 0 Å². The number of amides is 3. The number of sulfonamides is 1. The normalized spacial score (nSPS) is 18.6. The van der Waals surface area contributed by atoms with Gasteiger partial charge < -0.3 is 25.4 Å². The summed E-state index contributed by atoms with van der Waals surface area (Å²) in [6.07, 6.45) is 0.567. The minimum atomic E-state index is -3.45. The average molecular weight is 555 g/mol. The van der Waals surface area contributed by atoms with Crippen molar-refractivity contribution >= 4 is 44.1 Å². The molecule has 1 aliphatic heterocycles. The lowest BCUT2D eigenvalue weighted by atomic mass is 9.99. The highest BCUT2D eigenvalue weighted by molar-refractivity contribution is 7.88. The number of urea groups is 1. The lowest BCUT2D eigenvalue weighted by Gasteiger charge is -2.38. The maximum Gasteiger partial charge on any atom is 0.323 e. The van der Waals surface area contributed by atoms with Crippen LogP contribution in [0.4, 0.5) is 16.2 Å². The number of aliphatic hydroxyl groups excluding tert-OH is 1. The lowest BCUT2D eigenvalue weighted by molar-refractivity contribution is 0.0387. The predicted molar refractivity (Wildman–Crippen MR) is 152 cm³/mol. The first-order chi connectivity index (χ1) is 18.5. The number of likely N-dealkylation sites (N-methyl/N-ethyl adjacent to an activating group) is 1. The molecule has 0 unspecified atom stereocenters. The molecule has 0 fully saturated rings. The zero-order valence-electron chi connectivity index (χ0n) is 22.4. The summed E-state index contributed by atoms with van der Waals surface area (Å²) >= 11 is 0. The van der Waals surface area contributed by atoms with Crippen molar-refractivity contribution in [1.82, 2.24) is 9.21 Å². The third-order valence-electron chi connectivity index (χ3n) is 6.96. The molecule has 0 radical (unpaired) electrons. The SMILES string of the molecule is C[C@@H]1CN([C@@H](C)CO)C(=O)c2cc(NC(=O)Nc3cccc4ccccc34)ccc2O[C@H]1CN(C)S(C)(=O)=O. The van der Waals surface area contributed by atoms with Crippen molar-refractivity contribution in [2.24, 2.45) is 5.92 Å². The highest BCUT2D eigenvalue weighted by Gasteiger charge is 2.34. The van der Waals surface area contributed by atoms with E-state index in [4.69, 9.17) is 4.74 Å². The van der Waals surface area contributed by atoms with E-state index < -0.39 is 28.2 Å². The third kappa shape index (κ3) is 6.49. The van der Waals surface area contributed by atoms with Crippen LogP contribution in [0, 0.1) is 5.92 Å². The first-order valence-electron chi connectivity index (χ1n) is 12.7. The smallest absolute Gasteiger partial charge is 0.323 e. The number of hydrogen-bond acceptors (Lipinski definition) is 6. The van der Waals surface area contributed by atoms with Crippen LogP contribution in [0.5, 0.6) is 5.75 Å². The molecule has 4 rings (SSSR count). The van der Waals surface area contributed by atoms with Gasteiger partial charge in [-0.3, -0.25) is 4.79 Å². The van der Waals surface area contributed by atoms with Gasteiger partial charge in [-0.1, -0.05) is 43.3 Å². The summed E-state index contributed by atoms with van der Waals surface area (Å²) in [5.74, 6) is -0.315. The van der Waals surface area contributed by atoms with Crippen LogP contribution in [0.15, 0.2) is 60.7 Å². The van der Waals surface area contributed by atoms with Gasteiger partial charge in [-0.05, 0) is 36.6 Å². The van der Waals surface area contributed by atoms with Crippen LogP contribution in [-0.4, -0.2) is 79.8 Å². The maximum absolute atomic E-state index is 13.6. The monoisotopic (exact) mass is 554 g/mol. The number of ether oxygens (including phenoxy) is 1. The van der Waals surface area contributed by atoms with Gasteiger partial charge in [-0.15, -0.1) is 0 Å². The van der Waals surface area contributed by atoms with Gasteiger partial charge in [-0.25, -0.2) is 17.5 Å². The molecule has 1 aliphatic rings. The molecule has 0 saturated heterocycles. The summed E-state index contributed by atoms with van der Waals surface area (Å²) in [5, 5.41) is 17.4. The summed E-state index contributed by atoms with van der Waals surface area (Å²) in [7, 11) is -1.97. The second-order valence-electron chi connectivity index (χ2n) is 9.98. The Morgan fingerprint density at radius 2 is 1.87 bits per heavy atom. The van der Waals surface area contributed by atoms with Crippen molar-refractivity contribution in [3.05, 3.63) is 66.2 Å². The Kier molecular flexibility index (Phi) is 8.43. The summed E-state index contributed by atoms with van der Waals surface area (Å²) in [6, 6.07) is 17.1. The highest BCUT2D eigenvalue weighted by Crippen LogP contribution is 2.31. The van der Waals surface area contributed by atoms with E-state index in [9.17, 15) is 23.1 Å². The van der Waals surface area contributed by atoms with E-state index in [0.717, 1.165) is 17.0 Å². The fourth-order valence-electron chi connectivity index (χ4n) is 4.53. The van der Waals surface area contributed by atoms with Gasteiger partial charge >= 0.3 is 6.03 Å². The topological polar surface area (TPSA) is 128 Å². The Labute approximate surface area is 228 Å². The van der Waals surface area contributed by atoms with Gasteiger partial charge in [0.1, 0.15) is 11.9 Å². The molecule has 0 spiro atoms. The molecule has 39 heavy (non-hydrogen) atoms. The summed E-state index contributed by atoms with van der Waals surface area (Å²) in [6.45, 7) is 3.71. The molecule has 208 valence electrons. The van der Waals surface area contributed by atoms with Crippen LogP contribution in [0.3, 0.4) is 0 Å². The van der Waals surface area contributed by atoms with E-state index in [1.807, 2.05) is 49.4 Å². The molecule has 3 amide bonds. The van der Waals surface area contributed by atoms with Gasteiger partial charge in [0, 0.05) is 30.6 Å². The van der Waals surface area contributed by atoms with Crippen molar-refractivity contribution in [3.63, 3.8) is 0 Å². The quantitative estimate of drug-likeness (QED) is 0.410. The molecule has 11 heteroatoms. The number of carbonyl (C=O) groups is 2. The molecule has 3 aromatic carbocycles. The molecule has 3 N–H and O–H groups in total. The first kappa shape index (κ1) is 28.3. The average Bonchev–Trinajstić information content (AvgIpc) is 2.90. The predicted octanol–water partition coefficient (Wildman–Crippen LogP) is 3.60. The third-order valence-corrected chi connectivity index (χ3v) is 8.25. The molecule has 10 nitrogen and oxygen atoms in total. The summed E-state index contributed by atoms with van der Waals surface area (Å²) in [4.78, 5) is 28.0. The van der Waals surface area contributed by atoms with E-state index in [1.165, 1.54) is 17.4 Å². The molecule has 0 bridgehead atoms. The van der Waals surface area contributed by atoms with Crippen LogP contribution < -0.4 is 15.4 Å². The van der Waals surface area contributed by atoms with E-state index in [1.54, 1.807) is 24.0 Å². The van der Waals surface area contributed by atoms with Crippen LogP contribution in [0.1, 0.15) is 24.2 Å². The van der Waals surface area contributed by atoms with Crippen molar-refractivity contribution in [3.8, 4) is 5.75 Å². The number of benzene rings is 3. The lowest BCUT2D eigenvalue weighted by Crippen LogP contribution is -2.50. The first-order valence-corrected chi connectivity index (χ1v) is 14.5. The minimum Gasteiger partial charge on any atom is -0.488 e. The molecule has 0 aliphatic carbocycles. The van der Waals surface area contributed by atoms with Crippen molar-refractivity contribution in [2.75, 3.05) is 43.6 Å². The number of anilines is 2. The van der Waals surface area contributed by atoms with Crippen molar-refractivity contribution in [2.45, 2.75) is 26.0 Å². The van der Waals surface area contributed by atoms with Crippen LogP contribution in [0.25, 0.3) is 10.8 Å². The number of rotatable bonds is 7. The second-order valence-corrected chi connectivity index (χ2v) is 12.1. The summed E-state index contributed by atoms with van der Waals surface area (Å²) in [5.41, 5.74) is 1.22. The Balaban J connectivity index is 1.62. The maximum atomic E-state index is 13.6. The number of aliphatic hydroxyl groups is 1. The van der Waals surface area contributed by atoms with Gasteiger partial charge in [0.2, 0.25) is 10.0 Å². The molecule has 0 aromatic heterocycles. The molecule has 1 heterocycles. The van der Waals surface area contributed by atoms with Gasteiger partial charge in [0.15, 0.2) is 0 Å². The van der Waals surface area contributed by atoms with Crippen LogP contribution in [0.2, 0.25) is 0 Å². The fourth-order valence-corrected chi connectivity index (χ4v) is 4.94. The summed E-state index contributed by atoms with van der Waals surface area (Å²) < 4.78 is 31.5. The zero-order chi connectivity index (χ0) is 28.3. The molecular weight excluding hydrogens is 520 g/mol. The van der Waals surface area contributed by atoms with Crippen LogP contribution >= 0.6 is 0 Å². The van der Waals surface area contributed by atoms with Crippen LogP contribution in [-0.2, 0) is 10.0 Å². The minimum absolute atomic E-state index is 0.0857. The standard InChI is InChI=1S/C28H34N4O6S/c1-18-15-32(19(2)17-33)27(34)23-14-21(12-13-25(23)38-26(18)16-31(3)39(4,36)37)29-28(35)30-24-11-7-9-20-8-5-6-10-22(20)24/h5-14,18-19,26,33H,15-17H2,1-4H3,(H2,29,30,35)/t18-,19+,26+/m1/s1. The molecule has 3 aromatic rings. The van der Waals surface area contributed by atoms with Gasteiger partial charge in [0.05, 0.1) is 36.7 Å². The molecule has 3 atom stereocenters. The number of carbonyl (C=O) groups excluding carboxylic acids is 2. The Bertz CT molecular complexity index is 1470. The highest BCUT2D eigenvalue weighted by atomic mass is 32.2. The second kappa shape index (κ2) is 11.6. The number of nitrogens with zero attached hydrogens (tertiary/aromatic N) is 2. The van der Waals surface area contributed by atoms with E-state index in [-0.39, 0.29) is 42.8 Å².